The van der Waals surface area contributed by atoms with Crippen molar-refractivity contribution in [2.75, 3.05) is 26.1 Å². The molecule has 1 fully saturated rings. The molecule has 0 radical (unpaired) electrons. The van der Waals surface area contributed by atoms with E-state index in [1.54, 1.807) is 18.2 Å². The maximum atomic E-state index is 13.1. The van der Waals surface area contributed by atoms with Crippen molar-refractivity contribution in [3.8, 4) is 11.5 Å². The van der Waals surface area contributed by atoms with Gasteiger partial charge in [0.2, 0.25) is 5.91 Å². The van der Waals surface area contributed by atoms with Gasteiger partial charge >= 0.3 is 5.97 Å². The summed E-state index contributed by atoms with van der Waals surface area (Å²) in [6.07, 6.45) is 1.55. The number of hydrogen-bond donors (Lipinski definition) is 1. The molecule has 12 heteroatoms. The van der Waals surface area contributed by atoms with Gasteiger partial charge < -0.3 is 19.5 Å². The molecule has 0 unspecified atom stereocenters. The molecule has 1 aliphatic heterocycles. The second-order valence-electron chi connectivity index (χ2n) is 9.46. The van der Waals surface area contributed by atoms with Crippen molar-refractivity contribution >= 4 is 84.9 Å². The standard InChI is InChI=1S/C32H24BrClN2O7S/c1-41-26-13-18(12-24(33)29(26)43-17-20-8-5-7-19-6-3-4-9-22(19)20)14-27-30(38)36(32(40)44-27)16-28(37)35-21-10-11-25(34)23(15-21)31(39)42-2/h3-15H,16-17H2,1-2H3,(H,35,37)/b27-14+. The third-order valence-electron chi connectivity index (χ3n) is 6.63. The number of amides is 3. The summed E-state index contributed by atoms with van der Waals surface area (Å²) in [5.74, 6) is -1.01. The predicted molar refractivity (Wildman–Crippen MR) is 173 cm³/mol. The molecule has 0 aromatic heterocycles. The summed E-state index contributed by atoms with van der Waals surface area (Å²) in [6, 6.07) is 21.8. The van der Waals surface area contributed by atoms with Gasteiger partial charge in [-0.2, -0.15) is 0 Å². The van der Waals surface area contributed by atoms with Gasteiger partial charge in [0.1, 0.15) is 13.2 Å². The molecule has 0 bridgehead atoms. The van der Waals surface area contributed by atoms with Crippen LogP contribution in [0.1, 0.15) is 21.5 Å². The third-order valence-corrected chi connectivity index (χ3v) is 8.46. The van der Waals surface area contributed by atoms with Crippen molar-refractivity contribution in [3.63, 3.8) is 0 Å². The fourth-order valence-electron chi connectivity index (χ4n) is 4.53. The second-order valence-corrected chi connectivity index (χ2v) is 11.7. The van der Waals surface area contributed by atoms with E-state index < -0.39 is 29.6 Å². The van der Waals surface area contributed by atoms with E-state index >= 15 is 0 Å². The van der Waals surface area contributed by atoms with Crippen LogP contribution in [0.4, 0.5) is 10.5 Å². The number of nitrogens with one attached hydrogen (secondary N) is 1. The Labute approximate surface area is 270 Å². The van der Waals surface area contributed by atoms with E-state index in [1.807, 2.05) is 42.5 Å². The average Bonchev–Trinajstić information content (AvgIpc) is 3.27. The van der Waals surface area contributed by atoms with Crippen molar-refractivity contribution in [2.45, 2.75) is 6.61 Å². The first-order chi connectivity index (χ1) is 21.2. The summed E-state index contributed by atoms with van der Waals surface area (Å²) in [5, 5.41) is 4.32. The van der Waals surface area contributed by atoms with Crippen molar-refractivity contribution in [3.05, 3.63) is 104 Å². The van der Waals surface area contributed by atoms with Gasteiger partial charge in [-0.25, -0.2) is 4.79 Å². The van der Waals surface area contributed by atoms with Crippen LogP contribution in [0.15, 0.2) is 82.2 Å². The van der Waals surface area contributed by atoms with Gasteiger partial charge in [0, 0.05) is 5.69 Å². The first-order valence-electron chi connectivity index (χ1n) is 13.1. The van der Waals surface area contributed by atoms with Crippen LogP contribution in [0, 0.1) is 0 Å². The zero-order chi connectivity index (χ0) is 31.4. The monoisotopic (exact) mass is 694 g/mol. The van der Waals surface area contributed by atoms with Gasteiger partial charge in [0.05, 0.1) is 34.2 Å². The lowest BCUT2D eigenvalue weighted by Gasteiger charge is -2.15. The molecule has 0 atom stereocenters. The first kappa shape index (κ1) is 31.1. The van der Waals surface area contributed by atoms with Crippen LogP contribution in [0.2, 0.25) is 5.02 Å². The number of thioether (sulfide) groups is 1. The molecule has 5 rings (SSSR count). The predicted octanol–water partition coefficient (Wildman–Crippen LogP) is 7.30. The van der Waals surface area contributed by atoms with Crippen LogP contribution in [0.3, 0.4) is 0 Å². The molecule has 0 saturated carbocycles. The lowest BCUT2D eigenvalue weighted by atomic mass is 10.1. The number of esters is 1. The van der Waals surface area contributed by atoms with E-state index in [1.165, 1.54) is 32.4 Å². The topological polar surface area (TPSA) is 111 Å². The molecule has 224 valence electrons. The molecule has 4 aromatic rings. The maximum absolute atomic E-state index is 13.1. The zero-order valence-electron chi connectivity index (χ0n) is 23.4. The van der Waals surface area contributed by atoms with Crippen molar-refractivity contribution in [1.29, 1.82) is 0 Å². The number of carbonyl (C=O) groups excluding carboxylic acids is 4. The number of nitrogens with zero attached hydrogens (tertiary/aromatic N) is 1. The molecule has 1 N–H and O–H groups in total. The van der Waals surface area contributed by atoms with Gasteiger partial charge in [-0.3, -0.25) is 19.3 Å². The number of halogens is 2. The molecule has 1 saturated heterocycles. The number of fused-ring (bicyclic) bond motifs is 1. The van der Waals surface area contributed by atoms with Crippen LogP contribution in [0.5, 0.6) is 11.5 Å². The third kappa shape index (κ3) is 6.75. The second kappa shape index (κ2) is 13.5. The number of carbonyl (C=O) groups is 4. The SMILES string of the molecule is COC(=O)c1cc(NC(=O)CN2C(=O)S/C(=C/c3cc(Br)c(OCc4cccc5ccccc45)c(OC)c3)C2=O)ccc1Cl. The van der Waals surface area contributed by atoms with E-state index in [0.717, 1.165) is 33.0 Å². The molecule has 1 heterocycles. The summed E-state index contributed by atoms with van der Waals surface area (Å²) in [5.41, 5.74) is 1.91. The normalized spacial score (nSPS) is 13.8. The Balaban J connectivity index is 1.29. The Morgan fingerprint density at radius 3 is 2.57 bits per heavy atom. The molecular weight excluding hydrogens is 672 g/mol. The summed E-state index contributed by atoms with van der Waals surface area (Å²) < 4.78 is 17.0. The van der Waals surface area contributed by atoms with E-state index in [4.69, 9.17) is 21.1 Å². The number of methoxy groups -OCH3 is 2. The van der Waals surface area contributed by atoms with Crippen molar-refractivity contribution in [1.82, 2.24) is 4.90 Å². The number of anilines is 1. The fraction of sp³-hybridized carbons (Fsp3) is 0.125. The molecule has 9 nitrogen and oxygen atoms in total. The highest BCUT2D eigenvalue weighted by Crippen LogP contribution is 2.40. The van der Waals surface area contributed by atoms with E-state index in [0.29, 0.717) is 28.1 Å². The van der Waals surface area contributed by atoms with Crippen molar-refractivity contribution < 1.29 is 33.4 Å². The van der Waals surface area contributed by atoms with Crippen LogP contribution >= 0.6 is 39.3 Å². The smallest absolute Gasteiger partial charge is 0.339 e. The molecule has 44 heavy (non-hydrogen) atoms. The minimum atomic E-state index is -0.671. The number of hydrogen-bond acceptors (Lipinski definition) is 8. The van der Waals surface area contributed by atoms with E-state index in [2.05, 4.69) is 26.0 Å². The lowest BCUT2D eigenvalue weighted by molar-refractivity contribution is -0.127. The number of imide groups is 1. The van der Waals surface area contributed by atoms with Gasteiger partial charge in [0.25, 0.3) is 11.1 Å². The van der Waals surface area contributed by atoms with Crippen LogP contribution in [-0.4, -0.2) is 48.7 Å². The Hall–Kier alpha value is -4.32. The fourth-order valence-corrected chi connectivity index (χ4v) is 6.14. The van der Waals surface area contributed by atoms with E-state index in [9.17, 15) is 19.2 Å². The van der Waals surface area contributed by atoms with Crippen molar-refractivity contribution in [2.24, 2.45) is 0 Å². The highest BCUT2D eigenvalue weighted by Gasteiger charge is 2.36. The van der Waals surface area contributed by atoms with Gasteiger partial charge in [-0.15, -0.1) is 0 Å². The average molecular weight is 696 g/mol. The zero-order valence-corrected chi connectivity index (χ0v) is 26.5. The number of rotatable bonds is 9. The number of benzene rings is 4. The van der Waals surface area contributed by atoms with Gasteiger partial charge in [0.15, 0.2) is 11.5 Å². The summed E-state index contributed by atoms with van der Waals surface area (Å²) in [7, 11) is 2.72. The minimum Gasteiger partial charge on any atom is -0.493 e. The molecule has 1 aliphatic rings. The summed E-state index contributed by atoms with van der Waals surface area (Å²) >= 11 is 10.3. The van der Waals surface area contributed by atoms with Gasteiger partial charge in [-0.05, 0) is 86.0 Å². The Kier molecular flexibility index (Phi) is 9.58. The van der Waals surface area contributed by atoms with Gasteiger partial charge in [-0.1, -0.05) is 54.1 Å². The molecule has 3 amide bonds. The molecule has 0 spiro atoms. The van der Waals surface area contributed by atoms with Crippen LogP contribution < -0.4 is 14.8 Å². The maximum Gasteiger partial charge on any atom is 0.339 e. The van der Waals surface area contributed by atoms with Crippen LogP contribution in [0.25, 0.3) is 16.8 Å². The molecule has 0 aliphatic carbocycles. The van der Waals surface area contributed by atoms with E-state index in [-0.39, 0.29) is 21.2 Å². The van der Waals surface area contributed by atoms with Crippen LogP contribution in [-0.2, 0) is 20.9 Å². The number of ether oxygens (including phenoxy) is 3. The largest absolute Gasteiger partial charge is 0.493 e. The Morgan fingerprint density at radius 1 is 1.02 bits per heavy atom. The summed E-state index contributed by atoms with van der Waals surface area (Å²) in [4.78, 5) is 51.3. The quantitative estimate of drug-likeness (QED) is 0.143. The summed E-state index contributed by atoms with van der Waals surface area (Å²) in [6.45, 7) is -0.219. The first-order valence-corrected chi connectivity index (χ1v) is 15.1. The Bertz CT molecular complexity index is 1840. The Morgan fingerprint density at radius 2 is 1.80 bits per heavy atom. The lowest BCUT2D eigenvalue weighted by Crippen LogP contribution is -2.36. The molecule has 4 aromatic carbocycles. The minimum absolute atomic E-state index is 0.0626. The molecular formula is C32H24BrClN2O7S. The highest BCUT2D eigenvalue weighted by molar-refractivity contribution is 9.10. The highest BCUT2D eigenvalue weighted by atomic mass is 79.9.